The molecule has 4 aromatic rings. The first-order chi connectivity index (χ1) is 14.3. The summed E-state index contributed by atoms with van der Waals surface area (Å²) in [7, 11) is 0. The van der Waals surface area contributed by atoms with E-state index in [0.29, 0.717) is 20.9 Å². The van der Waals surface area contributed by atoms with Crippen molar-refractivity contribution < 1.29 is 4.79 Å². The highest BCUT2D eigenvalue weighted by Crippen LogP contribution is 2.33. The Morgan fingerprint density at radius 2 is 1.97 bits per heavy atom. The summed E-state index contributed by atoms with van der Waals surface area (Å²) in [5, 5.41) is 5.89. The molecular formula is C23H20ClN3O2S. The monoisotopic (exact) mass is 437 g/mol. The molecule has 30 heavy (non-hydrogen) atoms. The van der Waals surface area contributed by atoms with Gasteiger partial charge in [0.05, 0.1) is 11.7 Å². The van der Waals surface area contributed by atoms with Crippen molar-refractivity contribution in [3.05, 3.63) is 80.2 Å². The maximum absolute atomic E-state index is 13.2. The average Bonchev–Trinajstić information content (AvgIpc) is 3.12. The fourth-order valence-corrected chi connectivity index (χ4v) is 4.55. The Hall–Kier alpha value is -2.96. The van der Waals surface area contributed by atoms with Crippen LogP contribution in [0.5, 0.6) is 0 Å². The van der Waals surface area contributed by atoms with Gasteiger partial charge in [-0.25, -0.2) is 4.98 Å². The molecule has 0 spiro atoms. The number of thiophene rings is 1. The summed E-state index contributed by atoms with van der Waals surface area (Å²) in [6, 6.07) is 11.5. The number of hydrogen-bond acceptors (Lipinski definition) is 4. The second-order valence-corrected chi connectivity index (χ2v) is 8.55. The number of fused-ring (bicyclic) bond motifs is 1. The highest BCUT2D eigenvalue weighted by Gasteiger charge is 2.16. The number of anilines is 1. The molecule has 0 saturated heterocycles. The van der Waals surface area contributed by atoms with Gasteiger partial charge in [-0.2, -0.15) is 0 Å². The van der Waals surface area contributed by atoms with E-state index in [0.717, 1.165) is 22.3 Å². The van der Waals surface area contributed by atoms with Gasteiger partial charge in [-0.15, -0.1) is 11.3 Å². The van der Waals surface area contributed by atoms with E-state index in [1.54, 1.807) is 18.2 Å². The molecule has 0 atom stereocenters. The van der Waals surface area contributed by atoms with Gasteiger partial charge in [-0.3, -0.25) is 14.2 Å². The van der Waals surface area contributed by atoms with Crippen LogP contribution in [0.25, 0.3) is 21.3 Å². The number of carbonyl (C=O) groups excluding carboxylic acids is 1. The number of nitrogens with one attached hydrogen (secondary N) is 1. The van der Waals surface area contributed by atoms with Crippen LogP contribution in [0, 0.1) is 20.8 Å². The Labute approximate surface area is 183 Å². The van der Waals surface area contributed by atoms with Gasteiger partial charge in [0.15, 0.2) is 0 Å². The van der Waals surface area contributed by atoms with Crippen LogP contribution < -0.4 is 10.9 Å². The molecule has 2 heterocycles. The van der Waals surface area contributed by atoms with Gasteiger partial charge in [0, 0.05) is 21.7 Å². The van der Waals surface area contributed by atoms with Gasteiger partial charge < -0.3 is 5.32 Å². The molecule has 0 fully saturated rings. The van der Waals surface area contributed by atoms with E-state index in [1.807, 2.05) is 38.3 Å². The Kier molecular flexibility index (Phi) is 5.45. The maximum atomic E-state index is 13.2. The van der Waals surface area contributed by atoms with Gasteiger partial charge in [0.1, 0.15) is 11.4 Å². The van der Waals surface area contributed by atoms with Crippen molar-refractivity contribution in [3.63, 3.8) is 0 Å². The number of aryl methyl sites for hydroxylation is 2. The van der Waals surface area contributed by atoms with Crippen molar-refractivity contribution >= 4 is 44.7 Å². The van der Waals surface area contributed by atoms with Crippen LogP contribution in [0.2, 0.25) is 5.02 Å². The fourth-order valence-electron chi connectivity index (χ4n) is 3.48. The molecular weight excluding hydrogens is 418 g/mol. The van der Waals surface area contributed by atoms with Crippen LogP contribution in [-0.4, -0.2) is 15.5 Å². The predicted octanol–water partition coefficient (Wildman–Crippen LogP) is 5.34. The lowest BCUT2D eigenvalue weighted by Crippen LogP contribution is -2.28. The highest BCUT2D eigenvalue weighted by atomic mass is 35.5. The molecule has 0 bridgehead atoms. The topological polar surface area (TPSA) is 64.0 Å². The van der Waals surface area contributed by atoms with Crippen molar-refractivity contribution in [2.45, 2.75) is 27.3 Å². The van der Waals surface area contributed by atoms with E-state index in [4.69, 9.17) is 11.6 Å². The molecule has 4 rings (SSSR count). The summed E-state index contributed by atoms with van der Waals surface area (Å²) in [6.45, 7) is 5.77. The minimum absolute atomic E-state index is 0.129. The summed E-state index contributed by atoms with van der Waals surface area (Å²) in [5.74, 6) is -0.313. The van der Waals surface area contributed by atoms with Crippen LogP contribution >= 0.6 is 22.9 Å². The Morgan fingerprint density at radius 3 is 2.73 bits per heavy atom. The summed E-state index contributed by atoms with van der Waals surface area (Å²) >= 11 is 7.55. The fraction of sp³-hybridized carbons (Fsp3) is 0.174. The number of aromatic nitrogens is 2. The molecule has 7 heteroatoms. The molecule has 2 aromatic carbocycles. The standard InChI is InChI=1S/C23H20ClN3O2S/c1-13-7-8-16(14(2)9-13)17-11-30-22-21(17)23(29)27(12-25-22)10-20(28)26-19-6-4-5-18(24)15(19)3/h4-9,11-12H,10H2,1-3H3,(H,26,28). The summed E-state index contributed by atoms with van der Waals surface area (Å²) in [6.07, 6.45) is 1.43. The lowest BCUT2D eigenvalue weighted by atomic mass is 9.99. The van der Waals surface area contributed by atoms with E-state index in [-0.39, 0.29) is 18.0 Å². The van der Waals surface area contributed by atoms with Crippen molar-refractivity contribution in [1.82, 2.24) is 9.55 Å². The van der Waals surface area contributed by atoms with Crippen molar-refractivity contribution in [2.24, 2.45) is 0 Å². The third-order valence-corrected chi connectivity index (χ3v) is 6.38. The molecule has 0 aliphatic carbocycles. The minimum atomic E-state index is -0.313. The summed E-state index contributed by atoms with van der Waals surface area (Å²) in [4.78, 5) is 30.9. The zero-order valence-electron chi connectivity index (χ0n) is 16.8. The quantitative estimate of drug-likeness (QED) is 0.468. The first kappa shape index (κ1) is 20.3. The van der Waals surface area contributed by atoms with Crippen molar-refractivity contribution in [2.75, 3.05) is 5.32 Å². The first-order valence-corrected chi connectivity index (χ1v) is 10.7. The van der Waals surface area contributed by atoms with E-state index < -0.39 is 0 Å². The van der Waals surface area contributed by atoms with E-state index in [9.17, 15) is 9.59 Å². The average molecular weight is 438 g/mol. The number of amides is 1. The third-order valence-electron chi connectivity index (χ3n) is 5.09. The molecule has 0 saturated carbocycles. The van der Waals surface area contributed by atoms with Gasteiger partial charge >= 0.3 is 0 Å². The molecule has 2 aromatic heterocycles. The van der Waals surface area contributed by atoms with Gasteiger partial charge in [0.2, 0.25) is 5.91 Å². The number of benzene rings is 2. The third kappa shape index (κ3) is 3.76. The highest BCUT2D eigenvalue weighted by molar-refractivity contribution is 7.17. The number of hydrogen-bond donors (Lipinski definition) is 1. The lowest BCUT2D eigenvalue weighted by molar-refractivity contribution is -0.116. The molecule has 0 aliphatic heterocycles. The van der Waals surface area contributed by atoms with Gasteiger partial charge in [-0.05, 0) is 49.6 Å². The molecule has 0 radical (unpaired) electrons. The van der Waals surface area contributed by atoms with Crippen LogP contribution in [0.4, 0.5) is 5.69 Å². The smallest absolute Gasteiger partial charge is 0.263 e. The van der Waals surface area contributed by atoms with Crippen LogP contribution in [0.15, 0.2) is 52.9 Å². The Balaban J connectivity index is 1.69. The van der Waals surface area contributed by atoms with Gasteiger partial charge in [-0.1, -0.05) is 41.4 Å². The largest absolute Gasteiger partial charge is 0.324 e. The van der Waals surface area contributed by atoms with Crippen LogP contribution in [-0.2, 0) is 11.3 Å². The molecule has 5 nitrogen and oxygen atoms in total. The molecule has 152 valence electrons. The number of rotatable bonds is 4. The molecule has 1 amide bonds. The lowest BCUT2D eigenvalue weighted by Gasteiger charge is -2.11. The summed E-state index contributed by atoms with van der Waals surface area (Å²) in [5.41, 5.74) is 5.30. The summed E-state index contributed by atoms with van der Waals surface area (Å²) < 4.78 is 1.34. The molecule has 0 aliphatic rings. The van der Waals surface area contributed by atoms with E-state index >= 15 is 0 Å². The van der Waals surface area contributed by atoms with Crippen molar-refractivity contribution in [3.8, 4) is 11.1 Å². The second kappa shape index (κ2) is 8.05. The zero-order valence-corrected chi connectivity index (χ0v) is 18.4. The number of halogens is 1. The normalized spacial score (nSPS) is 11.1. The zero-order chi connectivity index (χ0) is 21.4. The predicted molar refractivity (Wildman–Crippen MR) is 124 cm³/mol. The van der Waals surface area contributed by atoms with Crippen LogP contribution in [0.3, 0.4) is 0 Å². The van der Waals surface area contributed by atoms with Crippen LogP contribution in [0.1, 0.15) is 16.7 Å². The Bertz CT molecular complexity index is 1340. The SMILES string of the molecule is Cc1ccc(-c2csc3ncn(CC(=O)Nc4cccc(Cl)c4C)c(=O)c23)c(C)c1. The number of nitrogens with zero attached hydrogens (tertiary/aromatic N) is 2. The van der Waals surface area contributed by atoms with E-state index in [1.165, 1.54) is 27.8 Å². The minimum Gasteiger partial charge on any atom is -0.324 e. The second-order valence-electron chi connectivity index (χ2n) is 7.29. The van der Waals surface area contributed by atoms with E-state index in [2.05, 4.69) is 16.4 Å². The maximum Gasteiger partial charge on any atom is 0.263 e. The first-order valence-electron chi connectivity index (χ1n) is 9.44. The molecule has 1 N–H and O–H groups in total. The number of carbonyl (C=O) groups is 1. The van der Waals surface area contributed by atoms with Crippen molar-refractivity contribution in [1.29, 1.82) is 0 Å². The molecule has 0 unspecified atom stereocenters. The Morgan fingerprint density at radius 1 is 1.17 bits per heavy atom. The van der Waals surface area contributed by atoms with Gasteiger partial charge in [0.25, 0.3) is 5.56 Å².